The largest absolute Gasteiger partial charge is 0.508 e. The zero-order valence-corrected chi connectivity index (χ0v) is 17.3. The summed E-state index contributed by atoms with van der Waals surface area (Å²) in [4.78, 5) is 0.335. The topological polar surface area (TPSA) is 115 Å². The lowest BCUT2D eigenvalue weighted by molar-refractivity contribution is -0.250. The zero-order valence-electron chi connectivity index (χ0n) is 15.7. The van der Waals surface area contributed by atoms with E-state index in [-0.39, 0.29) is 31.5 Å². The summed E-state index contributed by atoms with van der Waals surface area (Å²) in [5.41, 5.74) is 0.118. The van der Waals surface area contributed by atoms with Gasteiger partial charge in [0.2, 0.25) is 0 Å². The molecule has 166 valence electrons. The second kappa shape index (κ2) is 8.55. The fourth-order valence-corrected chi connectivity index (χ4v) is 4.81. The highest BCUT2D eigenvalue weighted by Gasteiger charge is 2.45. The lowest BCUT2D eigenvalue weighted by Gasteiger charge is -2.40. The van der Waals surface area contributed by atoms with Gasteiger partial charge in [-0.2, -0.15) is 0 Å². The monoisotopic (exact) mass is 473 g/mol. The maximum absolute atomic E-state index is 14.8. The van der Waals surface area contributed by atoms with Gasteiger partial charge < -0.3 is 34.8 Å². The van der Waals surface area contributed by atoms with Crippen LogP contribution in [0, 0.1) is 11.6 Å². The first kappa shape index (κ1) is 22.3. The zero-order chi connectivity index (χ0) is 22.4. The number of ether oxygens (including phenoxy) is 1. The number of aromatic hydroxyl groups is 1. The molecular weight excluding hydrogens is 456 g/mol. The third kappa shape index (κ3) is 3.89. The summed E-state index contributed by atoms with van der Waals surface area (Å²) in [6.45, 7) is -0.636. The Bertz CT molecular complexity index is 1130. The molecule has 2 heterocycles. The van der Waals surface area contributed by atoms with Crippen molar-refractivity contribution in [3.05, 3.63) is 53.2 Å². The fraction of sp³-hybridized carbons (Fsp3) is 0.300. The number of halogens is 3. The number of aliphatic hydroxyl groups excluding tert-OH is 4. The molecule has 31 heavy (non-hydrogen) atoms. The predicted molar refractivity (Wildman–Crippen MR) is 108 cm³/mol. The molecular formula is C20H18ClF2NO6S. The van der Waals surface area contributed by atoms with E-state index in [1.165, 1.54) is 29.0 Å². The van der Waals surface area contributed by atoms with E-state index < -0.39 is 48.9 Å². The Morgan fingerprint density at radius 1 is 1.00 bits per heavy atom. The van der Waals surface area contributed by atoms with E-state index in [4.69, 9.17) is 16.3 Å². The molecule has 0 spiro atoms. The predicted octanol–water partition coefficient (Wildman–Crippen LogP) is 2.40. The van der Waals surface area contributed by atoms with Crippen LogP contribution in [0.15, 0.2) is 46.3 Å². The van der Waals surface area contributed by atoms with Gasteiger partial charge in [0.05, 0.1) is 22.5 Å². The maximum Gasteiger partial charge on any atom is 0.163 e. The van der Waals surface area contributed by atoms with Crippen LogP contribution in [0.2, 0.25) is 5.02 Å². The van der Waals surface area contributed by atoms with Gasteiger partial charge in [-0.1, -0.05) is 23.4 Å². The number of hydrogen-bond acceptors (Lipinski definition) is 7. The van der Waals surface area contributed by atoms with Crippen LogP contribution in [-0.4, -0.2) is 61.1 Å². The summed E-state index contributed by atoms with van der Waals surface area (Å²) >= 11 is 7.17. The lowest BCUT2D eigenvalue weighted by Crippen LogP contribution is -2.56. The number of phenolic OH excluding ortho intramolecular Hbond substituents is 1. The summed E-state index contributed by atoms with van der Waals surface area (Å²) in [5.74, 6) is -1.65. The van der Waals surface area contributed by atoms with Gasteiger partial charge in [-0.25, -0.2) is 8.78 Å². The van der Waals surface area contributed by atoms with Crippen LogP contribution in [-0.2, 0) is 4.74 Å². The van der Waals surface area contributed by atoms with Gasteiger partial charge >= 0.3 is 0 Å². The molecule has 0 radical (unpaired) electrons. The third-order valence-electron chi connectivity index (χ3n) is 5.12. The van der Waals surface area contributed by atoms with Crippen molar-refractivity contribution in [2.45, 2.75) is 40.4 Å². The molecule has 0 aliphatic carbocycles. The highest BCUT2D eigenvalue weighted by Crippen LogP contribution is 2.43. The van der Waals surface area contributed by atoms with Crippen molar-refractivity contribution in [1.29, 1.82) is 0 Å². The van der Waals surface area contributed by atoms with Gasteiger partial charge in [0, 0.05) is 22.1 Å². The molecule has 3 aromatic rings. The number of aromatic nitrogens is 1. The summed E-state index contributed by atoms with van der Waals surface area (Å²) in [5, 5.41) is 49.7. The summed E-state index contributed by atoms with van der Waals surface area (Å²) in [7, 11) is 0. The van der Waals surface area contributed by atoms with Gasteiger partial charge in [-0.3, -0.25) is 0 Å². The lowest BCUT2D eigenvalue weighted by atomic mass is 9.98. The quantitative estimate of drug-likeness (QED) is 0.395. The van der Waals surface area contributed by atoms with Crippen molar-refractivity contribution in [2.24, 2.45) is 0 Å². The summed E-state index contributed by atoms with van der Waals surface area (Å²) in [6.07, 6.45) is -5.97. The van der Waals surface area contributed by atoms with Crippen LogP contribution in [0.5, 0.6) is 5.75 Å². The minimum atomic E-state index is -1.65. The normalized spacial score (nSPS) is 26.5. The molecule has 0 saturated carbocycles. The summed E-state index contributed by atoms with van der Waals surface area (Å²) in [6, 6.07) is 5.97. The van der Waals surface area contributed by atoms with E-state index in [9.17, 15) is 34.3 Å². The minimum absolute atomic E-state index is 0.0296. The molecule has 11 heteroatoms. The number of aliphatic hydroxyl groups is 4. The van der Waals surface area contributed by atoms with Crippen molar-refractivity contribution in [2.75, 3.05) is 6.61 Å². The number of nitrogens with zero attached hydrogens (tertiary/aromatic N) is 1. The SMILES string of the molecule is OC[C@H]1O[C@@H](n2cc(Sc3ccc(O)cc3F)c3c(F)ccc(Cl)c32)[C@H](O)[C@@H](O)[C@@H]1O. The number of fused-ring (bicyclic) bond motifs is 1. The number of phenols is 1. The fourth-order valence-electron chi connectivity index (χ4n) is 3.56. The molecule has 5 N–H and O–H groups in total. The van der Waals surface area contributed by atoms with Crippen LogP contribution in [0.1, 0.15) is 6.23 Å². The highest BCUT2D eigenvalue weighted by atomic mass is 35.5. The molecule has 1 aliphatic heterocycles. The Morgan fingerprint density at radius 2 is 1.74 bits per heavy atom. The second-order valence-electron chi connectivity index (χ2n) is 7.09. The number of benzene rings is 2. The third-order valence-corrected chi connectivity index (χ3v) is 6.50. The van der Waals surface area contributed by atoms with Crippen molar-refractivity contribution >= 4 is 34.3 Å². The molecule has 1 aliphatic rings. The Balaban J connectivity index is 1.86. The van der Waals surface area contributed by atoms with E-state index in [1.54, 1.807) is 0 Å². The maximum atomic E-state index is 14.8. The first-order valence-corrected chi connectivity index (χ1v) is 10.4. The standard InChI is InChI=1S/C20H18ClF2NO6S/c21-9-2-3-10(22)15-14(31-13-4-1-8(26)5-11(13)23)6-24(16(9)15)20-19(29)18(28)17(27)12(7-25)30-20/h1-6,12,17-20,25-29H,7H2/t12-,17-,18+,19-,20-/m1/s1. The van der Waals surface area contributed by atoms with Crippen molar-refractivity contribution < 1.29 is 39.1 Å². The van der Waals surface area contributed by atoms with E-state index in [0.29, 0.717) is 0 Å². The second-order valence-corrected chi connectivity index (χ2v) is 8.58. The molecule has 1 saturated heterocycles. The van der Waals surface area contributed by atoms with Gasteiger partial charge in [0.25, 0.3) is 0 Å². The Kier molecular flexibility index (Phi) is 6.14. The van der Waals surface area contributed by atoms with E-state index in [0.717, 1.165) is 23.9 Å². The smallest absolute Gasteiger partial charge is 0.163 e. The Hall–Kier alpha value is -1.92. The van der Waals surface area contributed by atoms with Gasteiger partial charge in [-0.05, 0) is 24.3 Å². The Morgan fingerprint density at radius 3 is 2.42 bits per heavy atom. The molecule has 5 atom stereocenters. The van der Waals surface area contributed by atoms with E-state index in [2.05, 4.69) is 0 Å². The summed E-state index contributed by atoms with van der Waals surface area (Å²) < 4.78 is 35.9. The number of hydrogen-bond donors (Lipinski definition) is 5. The number of rotatable bonds is 4. The molecule has 0 bridgehead atoms. The van der Waals surface area contributed by atoms with Gasteiger partial charge in [-0.15, -0.1) is 0 Å². The van der Waals surface area contributed by atoms with Gasteiger partial charge in [0.15, 0.2) is 6.23 Å². The van der Waals surface area contributed by atoms with Crippen molar-refractivity contribution in [3.8, 4) is 5.75 Å². The first-order chi connectivity index (χ1) is 14.7. The average Bonchev–Trinajstić information content (AvgIpc) is 3.11. The van der Waals surface area contributed by atoms with Crippen LogP contribution in [0.25, 0.3) is 10.9 Å². The average molecular weight is 474 g/mol. The van der Waals surface area contributed by atoms with Crippen molar-refractivity contribution in [1.82, 2.24) is 4.57 Å². The Labute approximate surface area is 184 Å². The van der Waals surface area contributed by atoms with E-state index >= 15 is 0 Å². The van der Waals surface area contributed by atoms with Crippen LogP contribution in [0.4, 0.5) is 8.78 Å². The van der Waals surface area contributed by atoms with Crippen LogP contribution in [0.3, 0.4) is 0 Å². The molecule has 1 fully saturated rings. The molecule has 7 nitrogen and oxygen atoms in total. The first-order valence-electron chi connectivity index (χ1n) is 9.18. The molecule has 0 unspecified atom stereocenters. The van der Waals surface area contributed by atoms with Crippen LogP contribution >= 0.6 is 23.4 Å². The molecule has 2 aromatic carbocycles. The molecule has 4 rings (SSSR count). The van der Waals surface area contributed by atoms with Gasteiger partial charge in [0.1, 0.15) is 41.8 Å². The van der Waals surface area contributed by atoms with Crippen molar-refractivity contribution in [3.63, 3.8) is 0 Å². The molecule has 0 amide bonds. The minimum Gasteiger partial charge on any atom is -0.508 e. The van der Waals surface area contributed by atoms with E-state index in [1.807, 2.05) is 0 Å². The van der Waals surface area contributed by atoms with Crippen LogP contribution < -0.4 is 0 Å². The molecule has 1 aromatic heterocycles. The highest BCUT2D eigenvalue weighted by molar-refractivity contribution is 7.99.